The highest BCUT2D eigenvalue weighted by Crippen LogP contribution is 2.08. The topological polar surface area (TPSA) is 12.9 Å². The SMILES string of the molecule is C[Si](C)(Cl)c1nccs1. The molecule has 9 heavy (non-hydrogen) atoms. The number of hydrogen-bond donors (Lipinski definition) is 0. The van der Waals surface area contributed by atoms with Crippen LogP contribution in [0.15, 0.2) is 11.6 Å². The van der Waals surface area contributed by atoms with Crippen molar-refractivity contribution in [1.82, 2.24) is 4.98 Å². The zero-order valence-corrected chi connectivity index (χ0v) is 7.96. The van der Waals surface area contributed by atoms with Gasteiger partial charge in [-0.1, -0.05) is 0 Å². The third-order valence-corrected chi connectivity index (χ3v) is 5.43. The van der Waals surface area contributed by atoms with E-state index in [4.69, 9.17) is 11.1 Å². The van der Waals surface area contributed by atoms with Crippen molar-refractivity contribution in [3.8, 4) is 0 Å². The van der Waals surface area contributed by atoms with Gasteiger partial charge in [0.2, 0.25) is 7.38 Å². The number of nitrogens with zero attached hydrogens (tertiary/aromatic N) is 1. The van der Waals surface area contributed by atoms with E-state index in [0.29, 0.717) is 0 Å². The molecule has 1 rings (SSSR count). The van der Waals surface area contributed by atoms with Crippen molar-refractivity contribution in [2.75, 3.05) is 0 Å². The number of hydrogen-bond acceptors (Lipinski definition) is 2. The van der Waals surface area contributed by atoms with E-state index in [1.54, 1.807) is 17.5 Å². The molecule has 0 bridgehead atoms. The normalized spacial score (nSPS) is 11.9. The van der Waals surface area contributed by atoms with E-state index < -0.39 is 7.38 Å². The maximum absolute atomic E-state index is 6.09. The molecule has 0 aromatic carbocycles. The first-order chi connectivity index (χ1) is 4.11. The van der Waals surface area contributed by atoms with Gasteiger partial charge in [-0.15, -0.1) is 11.3 Å². The number of thiazole rings is 1. The predicted octanol–water partition coefficient (Wildman–Crippen LogP) is 1.79. The van der Waals surface area contributed by atoms with Gasteiger partial charge in [0.25, 0.3) is 0 Å². The summed E-state index contributed by atoms with van der Waals surface area (Å²) in [6.45, 7) is 4.15. The highest BCUT2D eigenvalue weighted by atomic mass is 35.6. The van der Waals surface area contributed by atoms with Crippen LogP contribution in [0.25, 0.3) is 0 Å². The average molecular weight is 178 g/mol. The fourth-order valence-electron chi connectivity index (χ4n) is 0.517. The summed E-state index contributed by atoms with van der Waals surface area (Å²) in [5.74, 6) is 0. The van der Waals surface area contributed by atoms with Crippen LogP contribution in [0, 0.1) is 0 Å². The maximum atomic E-state index is 6.09. The molecule has 0 radical (unpaired) electrons. The molecule has 0 saturated carbocycles. The first-order valence-electron chi connectivity index (χ1n) is 2.69. The number of rotatable bonds is 1. The zero-order chi connectivity index (χ0) is 6.91. The molecule has 50 valence electrons. The standard InChI is InChI=1S/C5H8ClNSSi/c1-9(2,6)5-7-3-4-8-5/h3-4H,1-2H3. The van der Waals surface area contributed by atoms with Crippen molar-refractivity contribution in [2.45, 2.75) is 13.1 Å². The van der Waals surface area contributed by atoms with Crippen LogP contribution in [0.4, 0.5) is 0 Å². The van der Waals surface area contributed by atoms with Gasteiger partial charge in [0.05, 0.1) is 4.63 Å². The van der Waals surface area contributed by atoms with Gasteiger partial charge in [0, 0.05) is 11.6 Å². The van der Waals surface area contributed by atoms with Gasteiger partial charge < -0.3 is 0 Å². The molecule has 0 N–H and O–H groups in total. The predicted molar refractivity (Wildman–Crippen MR) is 45.1 cm³/mol. The molecule has 0 atom stereocenters. The number of aromatic nitrogens is 1. The molecular weight excluding hydrogens is 170 g/mol. The molecule has 0 aliphatic heterocycles. The van der Waals surface area contributed by atoms with Crippen molar-refractivity contribution in [1.29, 1.82) is 0 Å². The Kier molecular flexibility index (Phi) is 1.93. The summed E-state index contributed by atoms with van der Waals surface area (Å²) in [5, 5.41) is 1.96. The van der Waals surface area contributed by atoms with Gasteiger partial charge >= 0.3 is 0 Å². The lowest BCUT2D eigenvalue weighted by Gasteiger charge is -2.06. The summed E-state index contributed by atoms with van der Waals surface area (Å²) in [5.41, 5.74) is 0. The summed E-state index contributed by atoms with van der Waals surface area (Å²) in [7, 11) is -1.60. The lowest BCUT2D eigenvalue weighted by molar-refractivity contribution is 1.46. The maximum Gasteiger partial charge on any atom is 0.214 e. The van der Waals surface area contributed by atoms with Crippen molar-refractivity contribution in [3.05, 3.63) is 11.6 Å². The van der Waals surface area contributed by atoms with Gasteiger partial charge in [-0.3, -0.25) is 4.98 Å². The molecule has 1 aromatic rings. The minimum absolute atomic E-state index is 1.11. The molecule has 0 amide bonds. The molecule has 4 heteroatoms. The van der Waals surface area contributed by atoms with Gasteiger partial charge in [-0.2, -0.15) is 11.1 Å². The lowest BCUT2D eigenvalue weighted by atomic mass is 11.0. The molecule has 0 saturated heterocycles. The highest BCUT2D eigenvalue weighted by molar-refractivity contribution is 7.38. The van der Waals surface area contributed by atoms with Gasteiger partial charge in [0.1, 0.15) is 0 Å². The van der Waals surface area contributed by atoms with Crippen LogP contribution in [0.2, 0.25) is 13.1 Å². The van der Waals surface area contributed by atoms with E-state index in [2.05, 4.69) is 18.1 Å². The van der Waals surface area contributed by atoms with E-state index in [0.717, 1.165) is 4.63 Å². The Morgan fingerprint density at radius 2 is 2.33 bits per heavy atom. The molecule has 0 aliphatic rings. The van der Waals surface area contributed by atoms with E-state index >= 15 is 0 Å². The molecule has 1 aromatic heterocycles. The van der Waals surface area contributed by atoms with E-state index in [9.17, 15) is 0 Å². The zero-order valence-electron chi connectivity index (χ0n) is 5.39. The second-order valence-corrected chi connectivity index (χ2v) is 9.82. The smallest absolute Gasteiger partial charge is 0.214 e. The first kappa shape index (κ1) is 7.25. The summed E-state index contributed by atoms with van der Waals surface area (Å²) >= 11 is 7.74. The fourth-order valence-corrected chi connectivity index (χ4v) is 3.14. The van der Waals surface area contributed by atoms with E-state index in [1.165, 1.54) is 0 Å². The van der Waals surface area contributed by atoms with Crippen molar-refractivity contribution in [3.63, 3.8) is 0 Å². The Labute approximate surface area is 64.4 Å². The largest absolute Gasteiger partial charge is 0.253 e. The van der Waals surface area contributed by atoms with Gasteiger partial charge in [-0.25, -0.2) is 0 Å². The minimum atomic E-state index is -1.60. The van der Waals surface area contributed by atoms with Crippen molar-refractivity contribution >= 4 is 34.4 Å². The van der Waals surface area contributed by atoms with Crippen LogP contribution in [0.5, 0.6) is 0 Å². The van der Waals surface area contributed by atoms with Crippen LogP contribution < -0.4 is 4.63 Å². The molecule has 0 aliphatic carbocycles. The Hall–Kier alpha value is 0.137. The minimum Gasteiger partial charge on any atom is -0.253 e. The molecule has 1 nitrogen and oxygen atoms in total. The molecule has 0 spiro atoms. The Balaban J connectivity index is 2.90. The fraction of sp³-hybridized carbons (Fsp3) is 0.400. The van der Waals surface area contributed by atoms with Crippen LogP contribution in [0.3, 0.4) is 0 Å². The third kappa shape index (κ3) is 1.78. The molecular formula is C5H8ClNSSi. The summed E-state index contributed by atoms with van der Waals surface area (Å²) in [4.78, 5) is 4.14. The average Bonchev–Trinajstić information content (AvgIpc) is 2.08. The van der Waals surface area contributed by atoms with Crippen LogP contribution in [-0.2, 0) is 0 Å². The monoisotopic (exact) mass is 177 g/mol. The quantitative estimate of drug-likeness (QED) is 0.471. The Morgan fingerprint density at radius 3 is 2.56 bits per heavy atom. The second kappa shape index (κ2) is 2.40. The summed E-state index contributed by atoms with van der Waals surface area (Å²) in [6.07, 6.45) is 1.80. The van der Waals surface area contributed by atoms with Gasteiger partial charge in [-0.05, 0) is 13.1 Å². The first-order valence-corrected chi connectivity index (χ1v) is 7.59. The van der Waals surface area contributed by atoms with E-state index in [-0.39, 0.29) is 0 Å². The molecule has 0 unspecified atom stereocenters. The molecule has 0 fully saturated rings. The van der Waals surface area contributed by atoms with Crippen molar-refractivity contribution in [2.24, 2.45) is 0 Å². The third-order valence-electron chi connectivity index (χ3n) is 0.941. The van der Waals surface area contributed by atoms with Crippen LogP contribution in [-0.4, -0.2) is 12.4 Å². The van der Waals surface area contributed by atoms with Gasteiger partial charge in [0.15, 0.2) is 0 Å². The lowest BCUT2D eigenvalue weighted by Crippen LogP contribution is -2.34. The van der Waals surface area contributed by atoms with Crippen LogP contribution in [0.1, 0.15) is 0 Å². The second-order valence-electron chi connectivity index (χ2n) is 2.31. The van der Waals surface area contributed by atoms with E-state index in [1.807, 2.05) is 5.38 Å². The molecule has 1 heterocycles. The van der Waals surface area contributed by atoms with Crippen molar-refractivity contribution < 1.29 is 0 Å². The van der Waals surface area contributed by atoms with Crippen LogP contribution >= 0.6 is 22.4 Å². The Morgan fingerprint density at radius 1 is 1.67 bits per heavy atom. The summed E-state index contributed by atoms with van der Waals surface area (Å²) in [6, 6.07) is 0. The summed E-state index contributed by atoms with van der Waals surface area (Å²) < 4.78 is 1.11. The Bertz CT molecular complexity index is 179. The number of halogens is 1. The highest BCUT2D eigenvalue weighted by Gasteiger charge is 2.22.